The molecule has 146 valence electrons. The van der Waals surface area contributed by atoms with E-state index in [2.05, 4.69) is 38.5 Å². The van der Waals surface area contributed by atoms with Crippen molar-refractivity contribution in [2.45, 2.75) is 6.61 Å². The number of nitrogens with zero attached hydrogens (tertiary/aromatic N) is 2. The van der Waals surface area contributed by atoms with Gasteiger partial charge in [0.2, 0.25) is 0 Å². The Hall–Kier alpha value is -4.12. The van der Waals surface area contributed by atoms with Gasteiger partial charge in [-0.05, 0) is 42.0 Å². The van der Waals surface area contributed by atoms with Crippen molar-refractivity contribution in [3.05, 3.63) is 103 Å². The number of rotatable bonds is 6. The molecule has 5 aromatic rings. The molecule has 2 N–H and O–H groups in total. The molecule has 0 spiro atoms. The number of aromatic nitrogens is 3. The lowest BCUT2D eigenvalue weighted by atomic mass is 10.1. The summed E-state index contributed by atoms with van der Waals surface area (Å²) < 4.78 is 6.09. The number of fused-ring (bicyclic) bond motifs is 1. The van der Waals surface area contributed by atoms with Crippen LogP contribution in [0.1, 0.15) is 5.56 Å². The Kier molecular flexibility index (Phi) is 4.84. The van der Waals surface area contributed by atoms with Crippen LogP contribution in [0.5, 0.6) is 5.75 Å². The first kappa shape index (κ1) is 17.9. The van der Waals surface area contributed by atoms with Crippen molar-refractivity contribution >= 4 is 22.4 Å². The van der Waals surface area contributed by atoms with Crippen LogP contribution in [0.15, 0.2) is 97.5 Å². The number of ether oxygens (including phenoxy) is 1. The van der Waals surface area contributed by atoms with Crippen molar-refractivity contribution in [2.75, 3.05) is 5.32 Å². The molecular formula is C25H20N4O. The Morgan fingerprint density at radius 2 is 1.70 bits per heavy atom. The fourth-order valence-corrected chi connectivity index (χ4v) is 3.39. The third kappa shape index (κ3) is 3.86. The topological polar surface area (TPSA) is 62.8 Å². The van der Waals surface area contributed by atoms with E-state index in [0.717, 1.165) is 45.0 Å². The molecule has 5 heteroatoms. The van der Waals surface area contributed by atoms with Gasteiger partial charge in [0, 0.05) is 34.4 Å². The highest BCUT2D eigenvalue weighted by Crippen LogP contribution is 2.30. The number of H-pyrrole nitrogens is 1. The summed E-state index contributed by atoms with van der Waals surface area (Å²) in [6.07, 6.45) is 3.50. The number of anilines is 2. The minimum atomic E-state index is 0.505. The second kappa shape index (κ2) is 8.09. The minimum absolute atomic E-state index is 0.505. The smallest absolute Gasteiger partial charge is 0.134 e. The molecule has 30 heavy (non-hydrogen) atoms. The van der Waals surface area contributed by atoms with E-state index in [4.69, 9.17) is 4.74 Å². The molecule has 0 saturated heterocycles. The van der Waals surface area contributed by atoms with Crippen LogP contribution in [0.4, 0.5) is 11.5 Å². The standard InChI is InChI=1S/C25H20N4O/c1-2-6-18(7-3-1)16-30-24-9-5-4-8-21(24)23-15-25(28-17-27-23)29-20-10-11-22-19(14-20)12-13-26-22/h1-15,17,26H,16H2,(H,27,28,29). The van der Waals surface area contributed by atoms with E-state index >= 15 is 0 Å². The number of hydrogen-bond donors (Lipinski definition) is 2. The Balaban J connectivity index is 1.39. The van der Waals surface area contributed by atoms with E-state index in [1.807, 2.05) is 72.9 Å². The first-order valence-electron chi connectivity index (χ1n) is 9.77. The molecule has 5 rings (SSSR count). The number of nitrogens with one attached hydrogen (secondary N) is 2. The predicted octanol–water partition coefficient (Wildman–Crippen LogP) is 5.95. The van der Waals surface area contributed by atoms with E-state index in [1.165, 1.54) is 0 Å². The van der Waals surface area contributed by atoms with Crippen LogP contribution >= 0.6 is 0 Å². The average molecular weight is 392 g/mol. The van der Waals surface area contributed by atoms with E-state index in [1.54, 1.807) is 6.33 Å². The molecule has 0 aliphatic carbocycles. The summed E-state index contributed by atoms with van der Waals surface area (Å²) in [7, 11) is 0. The molecule has 5 nitrogen and oxygen atoms in total. The first-order chi connectivity index (χ1) is 14.8. The fraction of sp³-hybridized carbons (Fsp3) is 0.0400. The van der Waals surface area contributed by atoms with Gasteiger partial charge in [-0.1, -0.05) is 42.5 Å². The van der Waals surface area contributed by atoms with Gasteiger partial charge in [-0.15, -0.1) is 0 Å². The Bertz CT molecular complexity index is 1280. The third-order valence-electron chi connectivity index (χ3n) is 4.89. The molecule has 0 unspecified atom stereocenters. The SMILES string of the molecule is c1ccc(COc2ccccc2-c2cc(Nc3ccc4[nH]ccc4c3)ncn2)cc1. The summed E-state index contributed by atoms with van der Waals surface area (Å²) in [5.41, 5.74) is 4.94. The van der Waals surface area contributed by atoms with Gasteiger partial charge in [0.25, 0.3) is 0 Å². The molecule has 0 amide bonds. The largest absolute Gasteiger partial charge is 0.488 e. The first-order valence-corrected chi connectivity index (χ1v) is 9.77. The fourth-order valence-electron chi connectivity index (χ4n) is 3.39. The van der Waals surface area contributed by atoms with Crippen LogP contribution < -0.4 is 10.1 Å². The van der Waals surface area contributed by atoms with Crippen LogP contribution in [0.2, 0.25) is 0 Å². The highest BCUT2D eigenvalue weighted by molar-refractivity contribution is 5.84. The lowest BCUT2D eigenvalue weighted by Crippen LogP contribution is -1.99. The summed E-state index contributed by atoms with van der Waals surface area (Å²) in [6.45, 7) is 0.505. The zero-order chi connectivity index (χ0) is 20.2. The number of benzene rings is 3. The Morgan fingerprint density at radius 1 is 0.833 bits per heavy atom. The van der Waals surface area contributed by atoms with Crippen molar-refractivity contribution in [3.63, 3.8) is 0 Å². The van der Waals surface area contributed by atoms with Crippen molar-refractivity contribution in [3.8, 4) is 17.0 Å². The van der Waals surface area contributed by atoms with Gasteiger partial charge >= 0.3 is 0 Å². The minimum Gasteiger partial charge on any atom is -0.488 e. The van der Waals surface area contributed by atoms with E-state index in [-0.39, 0.29) is 0 Å². The van der Waals surface area contributed by atoms with E-state index in [9.17, 15) is 0 Å². The lowest BCUT2D eigenvalue weighted by Gasteiger charge is -2.12. The number of hydrogen-bond acceptors (Lipinski definition) is 4. The molecule has 2 heterocycles. The molecule has 0 atom stereocenters. The maximum absolute atomic E-state index is 6.09. The molecule has 0 aliphatic rings. The highest BCUT2D eigenvalue weighted by Gasteiger charge is 2.09. The van der Waals surface area contributed by atoms with E-state index < -0.39 is 0 Å². The van der Waals surface area contributed by atoms with Gasteiger partial charge in [-0.2, -0.15) is 0 Å². The molecule has 0 bridgehead atoms. The molecule has 0 radical (unpaired) electrons. The highest BCUT2D eigenvalue weighted by atomic mass is 16.5. The summed E-state index contributed by atoms with van der Waals surface area (Å²) in [4.78, 5) is 12.1. The van der Waals surface area contributed by atoms with Gasteiger partial charge < -0.3 is 15.0 Å². The molecule has 0 saturated carbocycles. The zero-order valence-electron chi connectivity index (χ0n) is 16.2. The van der Waals surface area contributed by atoms with Crippen molar-refractivity contribution in [1.82, 2.24) is 15.0 Å². The van der Waals surface area contributed by atoms with Crippen LogP contribution in [-0.4, -0.2) is 15.0 Å². The molecule has 0 aliphatic heterocycles. The molecule has 3 aromatic carbocycles. The quantitative estimate of drug-likeness (QED) is 0.375. The summed E-state index contributed by atoms with van der Waals surface area (Å²) in [5, 5.41) is 4.51. The van der Waals surface area contributed by atoms with E-state index in [0.29, 0.717) is 6.61 Å². The van der Waals surface area contributed by atoms with Gasteiger partial charge in [0.15, 0.2) is 0 Å². The average Bonchev–Trinajstić information content (AvgIpc) is 3.27. The van der Waals surface area contributed by atoms with Crippen molar-refractivity contribution in [1.29, 1.82) is 0 Å². The van der Waals surface area contributed by atoms with Crippen LogP contribution in [0.3, 0.4) is 0 Å². The maximum atomic E-state index is 6.09. The maximum Gasteiger partial charge on any atom is 0.134 e. The van der Waals surface area contributed by atoms with Crippen LogP contribution in [0, 0.1) is 0 Å². The van der Waals surface area contributed by atoms with Gasteiger partial charge in [0.1, 0.15) is 24.5 Å². The number of para-hydroxylation sites is 1. The van der Waals surface area contributed by atoms with Crippen molar-refractivity contribution in [2.24, 2.45) is 0 Å². The monoisotopic (exact) mass is 392 g/mol. The molecule has 2 aromatic heterocycles. The Morgan fingerprint density at radius 3 is 2.63 bits per heavy atom. The second-order valence-electron chi connectivity index (χ2n) is 6.96. The van der Waals surface area contributed by atoms with Crippen molar-refractivity contribution < 1.29 is 4.74 Å². The normalized spacial score (nSPS) is 10.8. The van der Waals surface area contributed by atoms with Gasteiger partial charge in [-0.3, -0.25) is 0 Å². The molecule has 0 fully saturated rings. The zero-order valence-corrected chi connectivity index (χ0v) is 16.2. The van der Waals surface area contributed by atoms with Crippen LogP contribution in [0.25, 0.3) is 22.2 Å². The van der Waals surface area contributed by atoms with Gasteiger partial charge in [-0.25, -0.2) is 9.97 Å². The number of aromatic amines is 1. The Labute approximate surface area is 174 Å². The lowest BCUT2D eigenvalue weighted by molar-refractivity contribution is 0.307. The summed E-state index contributed by atoms with van der Waals surface area (Å²) in [6, 6.07) is 28.2. The molecular weight excluding hydrogens is 372 g/mol. The summed E-state index contributed by atoms with van der Waals surface area (Å²) >= 11 is 0. The second-order valence-corrected chi connectivity index (χ2v) is 6.96. The predicted molar refractivity (Wildman–Crippen MR) is 120 cm³/mol. The third-order valence-corrected chi connectivity index (χ3v) is 4.89. The van der Waals surface area contributed by atoms with Gasteiger partial charge in [0.05, 0.1) is 5.69 Å². The van der Waals surface area contributed by atoms with Crippen LogP contribution in [-0.2, 0) is 6.61 Å². The summed E-state index contributed by atoms with van der Waals surface area (Å²) in [5.74, 6) is 1.52.